The van der Waals surface area contributed by atoms with Gasteiger partial charge in [-0.3, -0.25) is 4.79 Å². The van der Waals surface area contributed by atoms with Crippen LogP contribution in [0.15, 0.2) is 16.5 Å². The van der Waals surface area contributed by atoms with E-state index in [0.717, 1.165) is 31.2 Å². The molecule has 1 amide bonds. The van der Waals surface area contributed by atoms with Crippen LogP contribution < -0.4 is 5.32 Å². The van der Waals surface area contributed by atoms with Crippen LogP contribution in [0.3, 0.4) is 0 Å². The average Bonchev–Trinajstić information content (AvgIpc) is 2.96. The van der Waals surface area contributed by atoms with Crippen LogP contribution in [0, 0.1) is 11.3 Å². The minimum absolute atomic E-state index is 0.146. The molecule has 0 aromatic carbocycles. The second-order valence-electron chi connectivity index (χ2n) is 4.94. The first-order valence-electron chi connectivity index (χ1n) is 6.80. The third kappa shape index (κ3) is 2.82. The Kier molecular flexibility index (Phi) is 4.00. The Balaban J connectivity index is 1.89. The highest BCUT2D eigenvalue weighted by molar-refractivity contribution is 7.16. The van der Waals surface area contributed by atoms with Gasteiger partial charge in [0, 0.05) is 4.88 Å². The monoisotopic (exact) mass is 320 g/mol. The number of nitriles is 1. The van der Waals surface area contributed by atoms with E-state index in [1.807, 2.05) is 0 Å². The van der Waals surface area contributed by atoms with Gasteiger partial charge in [-0.25, -0.2) is 0 Å². The Labute approximate surface area is 131 Å². The number of thiophene rings is 1. The van der Waals surface area contributed by atoms with Crippen molar-refractivity contribution in [3.63, 3.8) is 0 Å². The van der Waals surface area contributed by atoms with Gasteiger partial charge in [-0.15, -0.1) is 11.3 Å². The molecule has 0 unspecified atom stereocenters. The lowest BCUT2D eigenvalue weighted by Crippen LogP contribution is -2.10. The average molecular weight is 321 g/mol. The van der Waals surface area contributed by atoms with E-state index >= 15 is 0 Å². The first-order valence-corrected chi connectivity index (χ1v) is 8.00. The standard InChI is InChI=1S/C15H13ClN2O2S/c16-13-7-6-11(20-13)14(19)18-15-10(8-17)9-4-2-1-3-5-12(9)21-15/h6-7H,1-5H2,(H,18,19). The maximum atomic E-state index is 12.1. The van der Waals surface area contributed by atoms with Gasteiger partial charge in [0.2, 0.25) is 0 Å². The first-order chi connectivity index (χ1) is 10.2. The van der Waals surface area contributed by atoms with Crippen LogP contribution in [0.2, 0.25) is 5.22 Å². The van der Waals surface area contributed by atoms with E-state index in [-0.39, 0.29) is 16.9 Å². The summed E-state index contributed by atoms with van der Waals surface area (Å²) in [5.74, 6) is -0.234. The number of hydrogen-bond acceptors (Lipinski definition) is 4. The molecule has 21 heavy (non-hydrogen) atoms. The zero-order chi connectivity index (χ0) is 14.8. The zero-order valence-electron chi connectivity index (χ0n) is 11.2. The van der Waals surface area contributed by atoms with Crippen LogP contribution >= 0.6 is 22.9 Å². The number of aryl methyl sites for hydroxylation is 1. The smallest absolute Gasteiger partial charge is 0.292 e. The number of nitrogens with one attached hydrogen (secondary N) is 1. The van der Waals surface area contributed by atoms with Crippen molar-refractivity contribution in [3.05, 3.63) is 39.1 Å². The van der Waals surface area contributed by atoms with Crippen LogP contribution in [0.25, 0.3) is 0 Å². The molecule has 0 bridgehead atoms. The van der Waals surface area contributed by atoms with Crippen molar-refractivity contribution < 1.29 is 9.21 Å². The van der Waals surface area contributed by atoms with Gasteiger partial charge in [0.15, 0.2) is 11.0 Å². The Morgan fingerprint density at radius 2 is 2.14 bits per heavy atom. The molecule has 2 aromatic heterocycles. The lowest BCUT2D eigenvalue weighted by atomic mass is 10.1. The van der Waals surface area contributed by atoms with Crippen molar-refractivity contribution in [2.75, 3.05) is 5.32 Å². The van der Waals surface area contributed by atoms with Gasteiger partial charge in [0.05, 0.1) is 5.56 Å². The molecule has 0 atom stereocenters. The number of carbonyl (C=O) groups excluding carboxylic acids is 1. The highest BCUT2D eigenvalue weighted by Crippen LogP contribution is 2.37. The molecule has 2 heterocycles. The number of amides is 1. The SMILES string of the molecule is N#Cc1c(NC(=O)c2ccc(Cl)o2)sc2c1CCCCC2. The fourth-order valence-electron chi connectivity index (χ4n) is 2.55. The van der Waals surface area contributed by atoms with E-state index in [1.165, 1.54) is 34.8 Å². The van der Waals surface area contributed by atoms with Crippen molar-refractivity contribution in [2.24, 2.45) is 0 Å². The Morgan fingerprint density at radius 1 is 1.33 bits per heavy atom. The molecular weight excluding hydrogens is 308 g/mol. The van der Waals surface area contributed by atoms with Crippen LogP contribution in [0.4, 0.5) is 5.00 Å². The number of carbonyl (C=O) groups is 1. The fourth-order valence-corrected chi connectivity index (χ4v) is 3.93. The zero-order valence-corrected chi connectivity index (χ0v) is 12.8. The molecule has 0 spiro atoms. The molecule has 0 fully saturated rings. The van der Waals surface area contributed by atoms with Gasteiger partial charge in [0.25, 0.3) is 5.91 Å². The third-order valence-corrected chi connectivity index (χ3v) is 4.97. The summed E-state index contributed by atoms with van der Waals surface area (Å²) >= 11 is 7.17. The molecule has 2 aromatic rings. The topological polar surface area (TPSA) is 66.0 Å². The lowest BCUT2D eigenvalue weighted by Gasteiger charge is -2.01. The molecule has 4 nitrogen and oxygen atoms in total. The molecule has 3 rings (SSSR count). The van der Waals surface area contributed by atoms with Crippen molar-refractivity contribution in [1.29, 1.82) is 5.26 Å². The van der Waals surface area contributed by atoms with E-state index in [0.29, 0.717) is 10.6 Å². The van der Waals surface area contributed by atoms with Crippen LogP contribution in [-0.2, 0) is 12.8 Å². The highest BCUT2D eigenvalue weighted by atomic mass is 35.5. The molecule has 6 heteroatoms. The normalized spacial score (nSPS) is 14.1. The van der Waals surface area contributed by atoms with Crippen LogP contribution in [0.1, 0.15) is 45.8 Å². The lowest BCUT2D eigenvalue weighted by molar-refractivity contribution is 0.0997. The number of furan rings is 1. The molecule has 1 aliphatic rings. The second kappa shape index (κ2) is 5.92. The van der Waals surface area contributed by atoms with Crippen molar-refractivity contribution in [1.82, 2.24) is 0 Å². The summed E-state index contributed by atoms with van der Waals surface area (Å²) in [4.78, 5) is 13.3. The predicted octanol–water partition coefficient (Wildman–Crippen LogP) is 4.39. The summed E-state index contributed by atoms with van der Waals surface area (Å²) in [5.41, 5.74) is 1.70. The quantitative estimate of drug-likeness (QED) is 0.835. The highest BCUT2D eigenvalue weighted by Gasteiger charge is 2.22. The second-order valence-corrected chi connectivity index (χ2v) is 6.42. The number of nitrogens with zero attached hydrogens (tertiary/aromatic N) is 1. The van der Waals surface area contributed by atoms with Crippen LogP contribution in [0.5, 0.6) is 0 Å². The maximum Gasteiger partial charge on any atom is 0.292 e. The fraction of sp³-hybridized carbons (Fsp3) is 0.333. The molecule has 0 saturated carbocycles. The predicted molar refractivity (Wildman–Crippen MR) is 82.0 cm³/mol. The Bertz CT molecular complexity index is 727. The summed E-state index contributed by atoms with van der Waals surface area (Å²) in [6.45, 7) is 0. The molecule has 0 saturated heterocycles. The number of fused-ring (bicyclic) bond motifs is 1. The van der Waals surface area contributed by atoms with E-state index in [9.17, 15) is 10.1 Å². The minimum Gasteiger partial charge on any atom is -0.440 e. The van der Waals surface area contributed by atoms with Gasteiger partial charge in [0.1, 0.15) is 11.1 Å². The number of rotatable bonds is 2. The van der Waals surface area contributed by atoms with Gasteiger partial charge < -0.3 is 9.73 Å². The summed E-state index contributed by atoms with van der Waals surface area (Å²) in [7, 11) is 0. The van der Waals surface area contributed by atoms with Crippen molar-refractivity contribution in [3.8, 4) is 6.07 Å². The molecule has 108 valence electrons. The maximum absolute atomic E-state index is 12.1. The van der Waals surface area contributed by atoms with Gasteiger partial charge in [-0.2, -0.15) is 5.26 Å². The summed E-state index contributed by atoms with van der Waals surface area (Å²) in [6, 6.07) is 5.27. The minimum atomic E-state index is -0.380. The summed E-state index contributed by atoms with van der Waals surface area (Å²) in [6.07, 6.45) is 5.33. The van der Waals surface area contributed by atoms with Crippen molar-refractivity contribution >= 4 is 33.8 Å². The van der Waals surface area contributed by atoms with E-state index in [4.69, 9.17) is 16.0 Å². The molecule has 1 N–H and O–H groups in total. The number of hydrogen-bond donors (Lipinski definition) is 1. The molecule has 0 aliphatic heterocycles. The summed E-state index contributed by atoms with van der Waals surface area (Å²) < 4.78 is 5.09. The first kappa shape index (κ1) is 14.2. The summed E-state index contributed by atoms with van der Waals surface area (Å²) in [5, 5.41) is 13.0. The Hall–Kier alpha value is -1.77. The van der Waals surface area contributed by atoms with E-state index < -0.39 is 0 Å². The van der Waals surface area contributed by atoms with Gasteiger partial charge in [-0.1, -0.05) is 6.42 Å². The van der Waals surface area contributed by atoms with Crippen molar-refractivity contribution in [2.45, 2.75) is 32.1 Å². The van der Waals surface area contributed by atoms with Crippen LogP contribution in [-0.4, -0.2) is 5.91 Å². The van der Waals surface area contributed by atoms with Gasteiger partial charge in [-0.05, 0) is 55.0 Å². The molecular formula is C15H13ClN2O2S. The number of anilines is 1. The van der Waals surface area contributed by atoms with Gasteiger partial charge >= 0.3 is 0 Å². The number of halogens is 1. The molecule has 1 aliphatic carbocycles. The largest absolute Gasteiger partial charge is 0.440 e. The molecule has 0 radical (unpaired) electrons. The third-order valence-electron chi connectivity index (χ3n) is 3.56. The Morgan fingerprint density at radius 3 is 2.86 bits per heavy atom. The van der Waals surface area contributed by atoms with E-state index in [2.05, 4.69) is 11.4 Å². The van der Waals surface area contributed by atoms with E-state index in [1.54, 1.807) is 0 Å².